The fraction of sp³-hybridized carbons (Fsp3) is 0.222. The van der Waals surface area contributed by atoms with Crippen molar-refractivity contribution >= 4 is 33.7 Å². The molecule has 0 saturated heterocycles. The minimum atomic E-state index is -0.470. The zero-order valence-electron chi connectivity index (χ0n) is 15.0. The first kappa shape index (κ1) is 20.4. The van der Waals surface area contributed by atoms with Crippen LogP contribution in [0.5, 0.6) is 11.5 Å². The Bertz CT molecular complexity index is 876. The lowest BCUT2D eigenvalue weighted by molar-refractivity contribution is -0.385. The first-order chi connectivity index (χ1) is 12.8. The molecule has 0 heterocycles. The van der Waals surface area contributed by atoms with Crippen molar-refractivity contribution in [2.24, 2.45) is 5.10 Å². The Kier molecular flexibility index (Phi) is 6.89. The van der Waals surface area contributed by atoms with E-state index in [0.29, 0.717) is 22.6 Å². The summed E-state index contributed by atoms with van der Waals surface area (Å²) < 4.78 is 11.4. The Morgan fingerprint density at radius 1 is 1.30 bits per heavy atom. The lowest BCUT2D eigenvalue weighted by atomic mass is 10.1. The van der Waals surface area contributed by atoms with Gasteiger partial charge in [0.05, 0.1) is 22.7 Å². The van der Waals surface area contributed by atoms with Crippen LogP contribution in [0.1, 0.15) is 16.7 Å². The maximum absolute atomic E-state index is 11.9. The highest BCUT2D eigenvalue weighted by atomic mass is 79.9. The Balaban J connectivity index is 1.93. The van der Waals surface area contributed by atoms with E-state index in [2.05, 4.69) is 26.5 Å². The van der Waals surface area contributed by atoms with Gasteiger partial charge in [0.1, 0.15) is 11.5 Å². The van der Waals surface area contributed by atoms with Crippen LogP contribution in [-0.4, -0.2) is 30.8 Å². The minimum absolute atomic E-state index is 0.0166. The molecule has 8 nitrogen and oxygen atoms in total. The Hall–Kier alpha value is -2.94. The Labute approximate surface area is 164 Å². The molecule has 0 spiro atoms. The second-order valence-corrected chi connectivity index (χ2v) is 6.50. The van der Waals surface area contributed by atoms with Gasteiger partial charge in [0, 0.05) is 12.1 Å². The number of benzene rings is 2. The number of hydrazone groups is 1. The first-order valence-corrected chi connectivity index (χ1v) is 8.65. The summed E-state index contributed by atoms with van der Waals surface area (Å²) in [6.45, 7) is 3.11. The van der Waals surface area contributed by atoms with E-state index in [9.17, 15) is 14.9 Å². The van der Waals surface area contributed by atoms with Gasteiger partial charge in [-0.2, -0.15) is 5.10 Å². The molecule has 2 aromatic carbocycles. The van der Waals surface area contributed by atoms with E-state index in [0.717, 1.165) is 10.0 Å². The van der Waals surface area contributed by atoms with Crippen LogP contribution in [-0.2, 0) is 4.79 Å². The fourth-order valence-corrected chi connectivity index (χ4v) is 2.93. The zero-order valence-corrected chi connectivity index (χ0v) is 16.6. The van der Waals surface area contributed by atoms with Crippen molar-refractivity contribution in [1.29, 1.82) is 0 Å². The zero-order chi connectivity index (χ0) is 20.0. The number of rotatable bonds is 7. The van der Waals surface area contributed by atoms with Gasteiger partial charge >= 0.3 is 0 Å². The molecule has 27 heavy (non-hydrogen) atoms. The summed E-state index contributed by atoms with van der Waals surface area (Å²) in [6, 6.07) is 8.17. The van der Waals surface area contributed by atoms with Gasteiger partial charge in [-0.3, -0.25) is 14.9 Å². The molecule has 2 rings (SSSR count). The molecule has 142 valence electrons. The molecule has 0 unspecified atom stereocenters. The lowest BCUT2D eigenvalue weighted by Gasteiger charge is -2.11. The number of hydrogen-bond acceptors (Lipinski definition) is 6. The number of nitrogens with one attached hydrogen (secondary N) is 1. The summed E-state index contributed by atoms with van der Waals surface area (Å²) in [5.41, 5.74) is 4.29. The van der Waals surface area contributed by atoms with Crippen molar-refractivity contribution < 1.29 is 19.2 Å². The number of nitro benzene ring substituents is 1. The first-order valence-electron chi connectivity index (χ1n) is 7.85. The molecule has 0 aliphatic heterocycles. The van der Waals surface area contributed by atoms with Crippen LogP contribution in [0, 0.1) is 24.0 Å². The van der Waals surface area contributed by atoms with E-state index in [4.69, 9.17) is 9.47 Å². The van der Waals surface area contributed by atoms with Crippen molar-refractivity contribution in [2.75, 3.05) is 13.7 Å². The average molecular weight is 436 g/mol. The summed E-state index contributed by atoms with van der Waals surface area (Å²) in [5.74, 6) is 0.688. The molecular weight excluding hydrogens is 418 g/mol. The Morgan fingerprint density at radius 3 is 2.52 bits per heavy atom. The van der Waals surface area contributed by atoms with Crippen LogP contribution < -0.4 is 14.9 Å². The van der Waals surface area contributed by atoms with Crippen LogP contribution in [0.3, 0.4) is 0 Å². The number of nitro groups is 1. The summed E-state index contributed by atoms with van der Waals surface area (Å²) in [6.07, 6.45) is 1.49. The number of nitrogens with zero attached hydrogens (tertiary/aromatic N) is 2. The van der Waals surface area contributed by atoms with Crippen molar-refractivity contribution in [3.63, 3.8) is 0 Å². The summed E-state index contributed by atoms with van der Waals surface area (Å²) in [5, 5.41) is 14.7. The molecule has 9 heteroatoms. The summed E-state index contributed by atoms with van der Waals surface area (Å²) in [4.78, 5) is 22.3. The normalized spacial score (nSPS) is 10.7. The smallest absolute Gasteiger partial charge is 0.277 e. The standard InChI is InChI=1S/C18H18BrN3O5/c1-11-6-14(22(24)25)7-12(2)18(11)27-10-17(23)21-20-9-13-4-5-16(26-3)15(19)8-13/h4-9H,10H2,1-3H3,(H,21,23)/b20-9-. The second kappa shape index (κ2) is 9.13. The van der Waals surface area contributed by atoms with Crippen LogP contribution in [0.2, 0.25) is 0 Å². The minimum Gasteiger partial charge on any atom is -0.496 e. The molecule has 0 aliphatic rings. The van der Waals surface area contributed by atoms with Gasteiger partial charge < -0.3 is 9.47 Å². The molecule has 0 bridgehead atoms. The predicted octanol–water partition coefficient (Wildman–Crippen LogP) is 3.51. The molecule has 1 N–H and O–H groups in total. The van der Waals surface area contributed by atoms with Crippen LogP contribution >= 0.6 is 15.9 Å². The van der Waals surface area contributed by atoms with Crippen LogP contribution in [0.25, 0.3) is 0 Å². The van der Waals surface area contributed by atoms with E-state index >= 15 is 0 Å². The summed E-state index contributed by atoms with van der Waals surface area (Å²) >= 11 is 3.37. The van der Waals surface area contributed by atoms with Gasteiger partial charge in [0.2, 0.25) is 0 Å². The number of carbonyl (C=O) groups is 1. The van der Waals surface area contributed by atoms with E-state index in [1.165, 1.54) is 18.3 Å². The van der Waals surface area contributed by atoms with Gasteiger partial charge in [-0.25, -0.2) is 5.43 Å². The monoisotopic (exact) mass is 435 g/mol. The second-order valence-electron chi connectivity index (χ2n) is 5.64. The van der Waals surface area contributed by atoms with Crippen molar-refractivity contribution in [2.45, 2.75) is 13.8 Å². The molecule has 0 atom stereocenters. The number of aryl methyl sites for hydroxylation is 2. The molecule has 1 amide bonds. The lowest BCUT2D eigenvalue weighted by Crippen LogP contribution is -2.25. The average Bonchev–Trinajstić information content (AvgIpc) is 2.61. The van der Waals surface area contributed by atoms with Crippen molar-refractivity contribution in [1.82, 2.24) is 5.43 Å². The fourth-order valence-electron chi connectivity index (χ4n) is 2.37. The largest absolute Gasteiger partial charge is 0.496 e. The van der Waals surface area contributed by atoms with Crippen molar-refractivity contribution in [3.8, 4) is 11.5 Å². The van der Waals surface area contributed by atoms with E-state index < -0.39 is 10.8 Å². The third kappa shape index (κ3) is 5.52. The van der Waals surface area contributed by atoms with Gasteiger partial charge in [-0.05, 0) is 64.7 Å². The third-order valence-corrected chi connectivity index (χ3v) is 4.20. The number of halogens is 1. The Morgan fingerprint density at radius 2 is 1.96 bits per heavy atom. The van der Waals surface area contributed by atoms with Gasteiger partial charge in [-0.1, -0.05) is 0 Å². The quantitative estimate of drug-likeness (QED) is 0.407. The van der Waals surface area contributed by atoms with E-state index in [1.807, 2.05) is 0 Å². The van der Waals surface area contributed by atoms with Gasteiger partial charge in [-0.15, -0.1) is 0 Å². The molecule has 0 fully saturated rings. The number of non-ortho nitro benzene ring substituents is 1. The molecular formula is C18H18BrN3O5. The van der Waals surface area contributed by atoms with Crippen LogP contribution in [0.4, 0.5) is 5.69 Å². The van der Waals surface area contributed by atoms with Crippen LogP contribution in [0.15, 0.2) is 39.9 Å². The number of ether oxygens (including phenoxy) is 2. The van der Waals surface area contributed by atoms with Crippen molar-refractivity contribution in [3.05, 3.63) is 61.6 Å². The molecule has 0 radical (unpaired) electrons. The maximum Gasteiger partial charge on any atom is 0.277 e. The molecule has 2 aromatic rings. The number of methoxy groups -OCH3 is 1. The SMILES string of the molecule is COc1ccc(/C=N\NC(=O)COc2c(C)cc([N+](=O)[O-])cc2C)cc1Br. The van der Waals surface area contributed by atoms with E-state index in [1.54, 1.807) is 39.2 Å². The highest BCUT2D eigenvalue weighted by Gasteiger charge is 2.14. The number of carbonyl (C=O) groups excluding carboxylic acids is 1. The summed E-state index contributed by atoms with van der Waals surface area (Å²) in [7, 11) is 1.57. The topological polar surface area (TPSA) is 103 Å². The highest BCUT2D eigenvalue weighted by molar-refractivity contribution is 9.10. The van der Waals surface area contributed by atoms with E-state index in [-0.39, 0.29) is 12.3 Å². The number of hydrogen-bond donors (Lipinski definition) is 1. The molecule has 0 aliphatic carbocycles. The number of amides is 1. The highest BCUT2D eigenvalue weighted by Crippen LogP contribution is 2.28. The van der Waals surface area contributed by atoms with Gasteiger partial charge in [0.25, 0.3) is 11.6 Å². The third-order valence-electron chi connectivity index (χ3n) is 3.58. The predicted molar refractivity (Wildman–Crippen MR) is 104 cm³/mol. The maximum atomic E-state index is 11.9. The molecule has 0 saturated carbocycles. The molecule has 0 aromatic heterocycles. The van der Waals surface area contributed by atoms with Gasteiger partial charge in [0.15, 0.2) is 6.61 Å².